The van der Waals surface area contributed by atoms with Crippen LogP contribution in [0, 0.1) is 11.8 Å². The molecule has 3 amide bonds. The molecule has 0 aromatic carbocycles. The van der Waals surface area contributed by atoms with Crippen molar-refractivity contribution < 1.29 is 19.1 Å². The van der Waals surface area contributed by atoms with Crippen LogP contribution >= 0.6 is 0 Å². The van der Waals surface area contributed by atoms with Crippen LogP contribution < -0.4 is 10.6 Å². The molecule has 2 bridgehead atoms. The van der Waals surface area contributed by atoms with Gasteiger partial charge in [-0.05, 0) is 38.5 Å². The van der Waals surface area contributed by atoms with Crippen molar-refractivity contribution in [2.75, 3.05) is 0 Å². The van der Waals surface area contributed by atoms with Gasteiger partial charge in [0.05, 0.1) is 17.9 Å². The zero-order valence-electron chi connectivity index (χ0n) is 18.1. The summed E-state index contributed by atoms with van der Waals surface area (Å²) in [7, 11) is 0. The number of nitrogens with zero attached hydrogens (tertiary/aromatic N) is 1. The Bertz CT molecular complexity index is 812. The van der Waals surface area contributed by atoms with E-state index in [1.54, 1.807) is 0 Å². The van der Waals surface area contributed by atoms with Crippen LogP contribution in [0.5, 0.6) is 0 Å². The zero-order chi connectivity index (χ0) is 21.2. The Hall–Kier alpha value is -1.89. The molecule has 6 aliphatic rings. The van der Waals surface area contributed by atoms with E-state index < -0.39 is 29.6 Å². The molecule has 7 heteroatoms. The van der Waals surface area contributed by atoms with E-state index in [2.05, 4.69) is 10.6 Å². The molecule has 31 heavy (non-hydrogen) atoms. The molecule has 6 rings (SSSR count). The van der Waals surface area contributed by atoms with E-state index in [1.807, 2.05) is 17.1 Å². The lowest BCUT2D eigenvalue weighted by atomic mass is 9.74. The van der Waals surface area contributed by atoms with Gasteiger partial charge < -0.3 is 20.3 Å². The SMILES string of the molecule is O=C(NC1CC1)[C@H]1[C@H]2C=C[C@@]3(O2)[C@H](C(=O)NC2CCCCC2)N(C2CCCC2)C(=O)[C@@H]13. The smallest absolute Gasteiger partial charge is 0.246 e. The highest BCUT2D eigenvalue weighted by atomic mass is 16.5. The lowest BCUT2D eigenvalue weighted by molar-refractivity contribution is -0.144. The monoisotopic (exact) mass is 427 g/mol. The highest BCUT2D eigenvalue weighted by Crippen LogP contribution is 2.56. The topological polar surface area (TPSA) is 87.7 Å². The molecular weight excluding hydrogens is 394 g/mol. The molecule has 3 heterocycles. The Balaban J connectivity index is 1.33. The van der Waals surface area contributed by atoms with Crippen molar-refractivity contribution in [1.82, 2.24) is 15.5 Å². The number of rotatable bonds is 5. The Morgan fingerprint density at radius 2 is 1.55 bits per heavy atom. The Labute approximate surface area is 183 Å². The number of hydrogen-bond donors (Lipinski definition) is 2. The summed E-state index contributed by atoms with van der Waals surface area (Å²) in [5.41, 5.74) is -1.01. The molecule has 168 valence electrons. The van der Waals surface area contributed by atoms with Gasteiger partial charge in [-0.15, -0.1) is 0 Å². The van der Waals surface area contributed by atoms with Crippen LogP contribution in [-0.4, -0.2) is 58.5 Å². The molecule has 1 spiro atoms. The fourth-order valence-corrected chi connectivity index (χ4v) is 6.83. The average molecular weight is 428 g/mol. The first kappa shape index (κ1) is 19.8. The van der Waals surface area contributed by atoms with E-state index in [-0.39, 0.29) is 35.8 Å². The average Bonchev–Trinajstić information content (AvgIpc) is 3.14. The second kappa shape index (κ2) is 7.32. The molecule has 7 nitrogen and oxygen atoms in total. The minimum Gasteiger partial charge on any atom is -0.359 e. The van der Waals surface area contributed by atoms with Crippen LogP contribution in [0.2, 0.25) is 0 Å². The summed E-state index contributed by atoms with van der Waals surface area (Å²) in [5, 5.41) is 6.34. The maximum Gasteiger partial charge on any atom is 0.246 e. The van der Waals surface area contributed by atoms with E-state index in [4.69, 9.17) is 4.74 Å². The third-order valence-electron chi connectivity index (χ3n) is 8.46. The van der Waals surface area contributed by atoms with Gasteiger partial charge >= 0.3 is 0 Å². The molecule has 3 aliphatic carbocycles. The molecule has 0 radical (unpaired) electrons. The van der Waals surface area contributed by atoms with E-state index in [9.17, 15) is 14.4 Å². The summed E-state index contributed by atoms with van der Waals surface area (Å²) in [6, 6.07) is -0.194. The molecule has 0 aromatic rings. The molecule has 5 fully saturated rings. The van der Waals surface area contributed by atoms with Gasteiger partial charge in [-0.2, -0.15) is 0 Å². The highest BCUT2D eigenvalue weighted by molar-refractivity contribution is 6.00. The van der Waals surface area contributed by atoms with Crippen LogP contribution in [0.3, 0.4) is 0 Å². The maximum atomic E-state index is 13.8. The zero-order valence-corrected chi connectivity index (χ0v) is 18.1. The van der Waals surface area contributed by atoms with Gasteiger partial charge in [0, 0.05) is 18.1 Å². The lowest BCUT2D eigenvalue weighted by Crippen LogP contribution is -2.58. The number of carbonyl (C=O) groups is 3. The summed E-state index contributed by atoms with van der Waals surface area (Å²) < 4.78 is 6.41. The Kier molecular flexibility index (Phi) is 4.67. The summed E-state index contributed by atoms with van der Waals surface area (Å²) in [6.07, 6.45) is 14.9. The van der Waals surface area contributed by atoms with E-state index in [0.717, 1.165) is 64.2 Å². The Morgan fingerprint density at radius 3 is 2.26 bits per heavy atom. The quantitative estimate of drug-likeness (QED) is 0.655. The molecule has 3 aliphatic heterocycles. The van der Waals surface area contributed by atoms with Crippen molar-refractivity contribution in [2.24, 2.45) is 11.8 Å². The van der Waals surface area contributed by atoms with Gasteiger partial charge in [-0.1, -0.05) is 44.3 Å². The largest absolute Gasteiger partial charge is 0.359 e. The minimum atomic E-state index is -1.01. The lowest BCUT2D eigenvalue weighted by Gasteiger charge is -2.36. The molecule has 0 aromatic heterocycles. The second-order valence-electron chi connectivity index (χ2n) is 10.5. The van der Waals surface area contributed by atoms with Gasteiger partial charge in [0.2, 0.25) is 17.7 Å². The van der Waals surface area contributed by atoms with Crippen LogP contribution in [0.25, 0.3) is 0 Å². The molecule has 0 unspecified atom stereocenters. The van der Waals surface area contributed by atoms with Gasteiger partial charge in [0.15, 0.2) is 0 Å². The maximum absolute atomic E-state index is 13.8. The molecular formula is C24H33N3O4. The number of fused-ring (bicyclic) bond motifs is 1. The predicted molar refractivity (Wildman–Crippen MR) is 113 cm³/mol. The normalized spacial score (nSPS) is 39.9. The van der Waals surface area contributed by atoms with Crippen LogP contribution in [0.15, 0.2) is 12.2 Å². The molecule has 2 saturated heterocycles. The predicted octanol–water partition coefficient (Wildman–Crippen LogP) is 1.81. The number of carbonyl (C=O) groups excluding carboxylic acids is 3. The third-order valence-corrected chi connectivity index (χ3v) is 8.46. The first-order chi connectivity index (χ1) is 15.1. The number of nitrogens with one attached hydrogen (secondary N) is 2. The summed E-state index contributed by atoms with van der Waals surface area (Å²) >= 11 is 0. The van der Waals surface area contributed by atoms with Gasteiger partial charge in [0.25, 0.3) is 0 Å². The van der Waals surface area contributed by atoms with Crippen molar-refractivity contribution in [1.29, 1.82) is 0 Å². The standard InChI is InChI=1S/C24H33N3O4/c28-21(25-15-10-11-15)18-17-12-13-24(31-17)19(18)23(30)27(16-8-4-5-9-16)20(24)22(29)26-14-6-2-1-3-7-14/h12-20H,1-11H2,(H,25,28)(H,26,29)/t17-,18+,19-,20+,24+/m1/s1. The van der Waals surface area contributed by atoms with Crippen LogP contribution in [-0.2, 0) is 19.1 Å². The van der Waals surface area contributed by atoms with Crippen molar-refractivity contribution in [2.45, 2.75) is 107 Å². The van der Waals surface area contributed by atoms with Gasteiger partial charge in [-0.25, -0.2) is 0 Å². The van der Waals surface area contributed by atoms with Crippen LogP contribution in [0.4, 0.5) is 0 Å². The fourth-order valence-electron chi connectivity index (χ4n) is 6.83. The number of likely N-dealkylation sites (tertiary alicyclic amines) is 1. The van der Waals surface area contributed by atoms with Crippen LogP contribution in [0.1, 0.15) is 70.6 Å². The Morgan fingerprint density at radius 1 is 0.903 bits per heavy atom. The highest BCUT2D eigenvalue weighted by Gasteiger charge is 2.73. The summed E-state index contributed by atoms with van der Waals surface area (Å²) in [5.74, 6) is -1.36. The van der Waals surface area contributed by atoms with E-state index >= 15 is 0 Å². The summed E-state index contributed by atoms with van der Waals surface area (Å²) in [4.78, 5) is 42.5. The number of amides is 3. The van der Waals surface area contributed by atoms with E-state index in [0.29, 0.717) is 0 Å². The van der Waals surface area contributed by atoms with E-state index in [1.165, 1.54) is 6.42 Å². The van der Waals surface area contributed by atoms with Gasteiger partial charge in [-0.3, -0.25) is 14.4 Å². The molecule has 3 saturated carbocycles. The first-order valence-electron chi connectivity index (χ1n) is 12.4. The number of ether oxygens (including phenoxy) is 1. The minimum absolute atomic E-state index is 0.0570. The summed E-state index contributed by atoms with van der Waals surface area (Å²) in [6.45, 7) is 0. The van der Waals surface area contributed by atoms with Crippen molar-refractivity contribution in [3.05, 3.63) is 12.2 Å². The van der Waals surface area contributed by atoms with Gasteiger partial charge in [0.1, 0.15) is 11.6 Å². The second-order valence-corrected chi connectivity index (χ2v) is 10.5. The molecule has 5 atom stereocenters. The number of hydrogen-bond acceptors (Lipinski definition) is 4. The van der Waals surface area contributed by atoms with Crippen molar-refractivity contribution in [3.63, 3.8) is 0 Å². The van der Waals surface area contributed by atoms with Crippen molar-refractivity contribution in [3.8, 4) is 0 Å². The fraction of sp³-hybridized carbons (Fsp3) is 0.792. The third kappa shape index (κ3) is 3.06. The van der Waals surface area contributed by atoms with Crippen molar-refractivity contribution >= 4 is 17.7 Å². The molecule has 2 N–H and O–H groups in total. The first-order valence-corrected chi connectivity index (χ1v) is 12.4.